The predicted molar refractivity (Wildman–Crippen MR) is 91.0 cm³/mol. The Labute approximate surface area is 139 Å². The van der Waals surface area contributed by atoms with E-state index in [-0.39, 0.29) is 24.2 Å². The molecule has 2 atom stereocenters. The molecule has 1 saturated heterocycles. The molecule has 1 N–H and O–H groups in total. The first-order valence-corrected chi connectivity index (χ1v) is 8.50. The molecule has 1 aromatic rings. The van der Waals surface area contributed by atoms with Gasteiger partial charge in [0.1, 0.15) is 0 Å². The van der Waals surface area contributed by atoms with Crippen molar-refractivity contribution in [2.45, 2.75) is 38.6 Å². The minimum atomic E-state index is -0.0385. The van der Waals surface area contributed by atoms with Crippen LogP contribution >= 0.6 is 39.7 Å². The van der Waals surface area contributed by atoms with E-state index in [9.17, 15) is 4.79 Å². The third-order valence-corrected chi connectivity index (χ3v) is 5.42. The highest BCUT2D eigenvalue weighted by Gasteiger charge is 2.29. The predicted octanol–water partition coefficient (Wildman–Crippen LogP) is 3.64. The van der Waals surface area contributed by atoms with Crippen LogP contribution in [0.1, 0.15) is 37.5 Å². The van der Waals surface area contributed by atoms with Gasteiger partial charge in [0.25, 0.3) is 0 Å². The highest BCUT2D eigenvalue weighted by atomic mass is 79.9. The molecule has 6 heteroatoms. The Balaban J connectivity index is 0.00000200. The number of hydrogen-bond acceptors (Lipinski definition) is 3. The van der Waals surface area contributed by atoms with Crippen molar-refractivity contribution in [3.63, 3.8) is 0 Å². The lowest BCUT2D eigenvalue weighted by Crippen LogP contribution is -2.43. The van der Waals surface area contributed by atoms with Gasteiger partial charge >= 0.3 is 0 Å². The number of nitrogens with one attached hydrogen (secondary N) is 1. The molecule has 114 valence electrons. The second-order valence-electron chi connectivity index (χ2n) is 5.04. The quantitative estimate of drug-likeness (QED) is 0.844. The van der Waals surface area contributed by atoms with Crippen LogP contribution in [0.3, 0.4) is 0 Å². The summed E-state index contributed by atoms with van der Waals surface area (Å²) >= 11 is 5.12. The minimum Gasteiger partial charge on any atom is -0.338 e. The number of carbonyl (C=O) groups excluding carboxylic acids is 1. The second-order valence-corrected chi connectivity index (χ2v) is 7.54. The maximum atomic E-state index is 12.7. The lowest BCUT2D eigenvalue weighted by atomic mass is 10.1. The number of rotatable bonds is 5. The first kappa shape index (κ1) is 18.0. The summed E-state index contributed by atoms with van der Waals surface area (Å²) < 4.78 is 1.09. The van der Waals surface area contributed by atoms with Gasteiger partial charge in [-0.15, -0.1) is 23.7 Å². The van der Waals surface area contributed by atoms with Crippen LogP contribution in [-0.4, -0.2) is 36.5 Å². The smallest absolute Gasteiger partial charge is 0.230 e. The third-order valence-electron chi connectivity index (χ3n) is 3.61. The molecular weight excluding hydrogens is 360 g/mol. The molecule has 0 aliphatic carbocycles. The molecule has 1 aliphatic rings. The average molecular weight is 382 g/mol. The van der Waals surface area contributed by atoms with Crippen LogP contribution in [0.25, 0.3) is 0 Å². The molecule has 0 spiro atoms. The van der Waals surface area contributed by atoms with Crippen molar-refractivity contribution in [1.29, 1.82) is 0 Å². The van der Waals surface area contributed by atoms with Gasteiger partial charge < -0.3 is 10.2 Å². The van der Waals surface area contributed by atoms with Crippen LogP contribution in [0.2, 0.25) is 0 Å². The fourth-order valence-corrected chi connectivity index (χ4v) is 4.02. The third kappa shape index (κ3) is 4.20. The van der Waals surface area contributed by atoms with Crippen molar-refractivity contribution in [3.05, 3.63) is 20.8 Å². The summed E-state index contributed by atoms with van der Waals surface area (Å²) in [4.78, 5) is 15.9. The van der Waals surface area contributed by atoms with Gasteiger partial charge in [0.15, 0.2) is 0 Å². The molecule has 2 rings (SSSR count). The highest BCUT2D eigenvalue weighted by Crippen LogP contribution is 2.30. The Morgan fingerprint density at radius 1 is 1.60 bits per heavy atom. The Morgan fingerprint density at radius 3 is 2.85 bits per heavy atom. The SMILES string of the molecule is CCCN(C(=O)C(C)c1ccc(Br)s1)C1CCNC1.Cl. The van der Waals surface area contributed by atoms with E-state index in [1.165, 1.54) is 0 Å². The molecule has 2 unspecified atom stereocenters. The zero-order valence-corrected chi connectivity index (χ0v) is 15.1. The summed E-state index contributed by atoms with van der Waals surface area (Å²) in [5.74, 6) is 0.230. The molecule has 0 aromatic carbocycles. The van der Waals surface area contributed by atoms with Gasteiger partial charge in [0, 0.05) is 24.0 Å². The van der Waals surface area contributed by atoms with E-state index in [1.54, 1.807) is 11.3 Å². The van der Waals surface area contributed by atoms with Gasteiger partial charge in [0.2, 0.25) is 5.91 Å². The van der Waals surface area contributed by atoms with E-state index in [0.29, 0.717) is 6.04 Å². The van der Waals surface area contributed by atoms with Crippen molar-refractivity contribution in [3.8, 4) is 0 Å². The van der Waals surface area contributed by atoms with Crippen LogP contribution in [0.4, 0.5) is 0 Å². The maximum absolute atomic E-state index is 12.7. The lowest BCUT2D eigenvalue weighted by Gasteiger charge is -2.30. The standard InChI is InChI=1S/C14H21BrN2OS.ClH/c1-3-8-17(11-6-7-16-9-11)14(18)10(2)12-4-5-13(15)19-12;/h4-5,10-11,16H,3,6-9H2,1-2H3;1H. The summed E-state index contributed by atoms with van der Waals surface area (Å²) in [5.41, 5.74) is 0. The molecule has 0 bridgehead atoms. The van der Waals surface area contributed by atoms with Gasteiger partial charge in [-0.3, -0.25) is 4.79 Å². The molecule has 20 heavy (non-hydrogen) atoms. The maximum Gasteiger partial charge on any atom is 0.230 e. The first-order valence-electron chi connectivity index (χ1n) is 6.90. The Bertz CT molecular complexity index is 435. The summed E-state index contributed by atoms with van der Waals surface area (Å²) in [6.07, 6.45) is 2.09. The van der Waals surface area contributed by atoms with Crippen molar-refractivity contribution in [2.75, 3.05) is 19.6 Å². The van der Waals surface area contributed by atoms with Crippen LogP contribution in [-0.2, 0) is 4.79 Å². The van der Waals surface area contributed by atoms with Gasteiger partial charge in [-0.1, -0.05) is 6.92 Å². The number of thiophene rings is 1. The van der Waals surface area contributed by atoms with Crippen molar-refractivity contribution >= 4 is 45.6 Å². The van der Waals surface area contributed by atoms with Gasteiger partial charge in [-0.25, -0.2) is 0 Å². The monoisotopic (exact) mass is 380 g/mol. The molecule has 1 aromatic heterocycles. The van der Waals surface area contributed by atoms with Gasteiger partial charge in [0.05, 0.1) is 9.70 Å². The summed E-state index contributed by atoms with van der Waals surface area (Å²) in [5, 5.41) is 3.35. The summed E-state index contributed by atoms with van der Waals surface area (Å²) in [6.45, 7) is 6.98. The first-order chi connectivity index (χ1) is 9.13. The minimum absolute atomic E-state index is 0. The molecule has 3 nitrogen and oxygen atoms in total. The molecule has 1 amide bonds. The number of halogens is 2. The van der Waals surface area contributed by atoms with E-state index < -0.39 is 0 Å². The van der Waals surface area contributed by atoms with Gasteiger partial charge in [-0.05, 0) is 54.4 Å². The zero-order valence-electron chi connectivity index (χ0n) is 11.9. The lowest BCUT2D eigenvalue weighted by molar-refractivity contribution is -0.134. The average Bonchev–Trinajstić information content (AvgIpc) is 3.05. The second kappa shape index (κ2) is 8.37. The van der Waals surface area contributed by atoms with Crippen LogP contribution in [0, 0.1) is 0 Å². The van der Waals surface area contributed by atoms with Crippen LogP contribution < -0.4 is 5.32 Å². The van der Waals surface area contributed by atoms with Crippen molar-refractivity contribution in [1.82, 2.24) is 10.2 Å². The number of amides is 1. The van der Waals surface area contributed by atoms with E-state index in [0.717, 1.165) is 41.1 Å². The Kier molecular flexibility index (Phi) is 7.51. The molecule has 2 heterocycles. The molecule has 1 aliphatic heterocycles. The molecule has 1 fully saturated rings. The highest BCUT2D eigenvalue weighted by molar-refractivity contribution is 9.11. The van der Waals surface area contributed by atoms with E-state index in [1.807, 2.05) is 19.1 Å². The normalized spacial score (nSPS) is 19.4. The van der Waals surface area contributed by atoms with Crippen LogP contribution in [0.5, 0.6) is 0 Å². The number of nitrogens with zero attached hydrogens (tertiary/aromatic N) is 1. The zero-order chi connectivity index (χ0) is 13.8. The van der Waals surface area contributed by atoms with E-state index >= 15 is 0 Å². The van der Waals surface area contributed by atoms with Crippen molar-refractivity contribution in [2.24, 2.45) is 0 Å². The molecular formula is C14H22BrClN2OS. The van der Waals surface area contributed by atoms with Crippen molar-refractivity contribution < 1.29 is 4.79 Å². The summed E-state index contributed by atoms with van der Waals surface area (Å²) in [7, 11) is 0. The van der Waals surface area contributed by atoms with Crippen LogP contribution in [0.15, 0.2) is 15.9 Å². The summed E-state index contributed by atoms with van der Waals surface area (Å²) in [6, 6.07) is 4.44. The fourth-order valence-electron chi connectivity index (χ4n) is 2.55. The topological polar surface area (TPSA) is 32.3 Å². The Morgan fingerprint density at radius 2 is 2.35 bits per heavy atom. The largest absolute Gasteiger partial charge is 0.338 e. The molecule has 0 radical (unpaired) electrons. The van der Waals surface area contributed by atoms with Gasteiger partial charge in [-0.2, -0.15) is 0 Å². The number of hydrogen-bond donors (Lipinski definition) is 1. The fraction of sp³-hybridized carbons (Fsp3) is 0.643. The molecule has 0 saturated carbocycles. The van der Waals surface area contributed by atoms with E-state index in [4.69, 9.17) is 0 Å². The number of carbonyl (C=O) groups is 1. The van der Waals surface area contributed by atoms with E-state index in [2.05, 4.69) is 33.1 Å². The Hall–Kier alpha value is -0.100.